The van der Waals surface area contributed by atoms with Gasteiger partial charge in [0.15, 0.2) is 0 Å². The van der Waals surface area contributed by atoms with Crippen molar-refractivity contribution in [1.82, 2.24) is 14.8 Å². The first kappa shape index (κ1) is 11.5. The van der Waals surface area contributed by atoms with Crippen LogP contribution in [0.3, 0.4) is 0 Å². The van der Waals surface area contributed by atoms with E-state index in [-0.39, 0.29) is 11.7 Å². The van der Waals surface area contributed by atoms with Crippen LogP contribution in [0.25, 0.3) is 0 Å². The molecule has 0 spiro atoms. The number of aromatic nitrogens is 3. The van der Waals surface area contributed by atoms with Crippen molar-refractivity contribution in [2.24, 2.45) is 16.8 Å². The Kier molecular flexibility index (Phi) is 4.08. The van der Waals surface area contributed by atoms with Crippen molar-refractivity contribution in [2.75, 3.05) is 0 Å². The van der Waals surface area contributed by atoms with Crippen LogP contribution >= 0.6 is 0 Å². The van der Waals surface area contributed by atoms with Gasteiger partial charge in [0.25, 0.3) is 0 Å². The van der Waals surface area contributed by atoms with E-state index in [1.54, 1.807) is 11.0 Å². The summed E-state index contributed by atoms with van der Waals surface area (Å²) >= 11 is 0. The molecule has 0 aliphatic rings. The largest absolute Gasteiger partial charge is 0.409 e. The van der Waals surface area contributed by atoms with Gasteiger partial charge in [-0.15, -0.1) is 5.10 Å². The monoisotopic (exact) mass is 211 g/mol. The summed E-state index contributed by atoms with van der Waals surface area (Å²) in [4.78, 5) is 3.92. The van der Waals surface area contributed by atoms with Gasteiger partial charge in [-0.2, -0.15) is 0 Å². The highest BCUT2D eigenvalue weighted by molar-refractivity contribution is 5.93. The zero-order valence-electron chi connectivity index (χ0n) is 9.09. The second kappa shape index (κ2) is 5.33. The van der Waals surface area contributed by atoms with Crippen LogP contribution in [0.1, 0.15) is 32.5 Å². The van der Waals surface area contributed by atoms with Gasteiger partial charge in [-0.3, -0.25) is 4.68 Å². The molecule has 1 heterocycles. The summed E-state index contributed by atoms with van der Waals surface area (Å²) in [6.45, 7) is 5.18. The number of nitrogens with zero attached hydrogens (tertiary/aromatic N) is 4. The minimum Gasteiger partial charge on any atom is -0.409 e. The fraction of sp³-hybridized carbons (Fsp3) is 0.667. The van der Waals surface area contributed by atoms with Crippen LogP contribution in [0.5, 0.6) is 0 Å². The number of aryl methyl sites for hydroxylation is 1. The maximum Gasteiger partial charge on any atom is 0.219 e. The lowest BCUT2D eigenvalue weighted by atomic mass is 10.1. The maximum absolute atomic E-state index is 8.42. The highest BCUT2D eigenvalue weighted by Crippen LogP contribution is 2.04. The number of nitrogens with two attached hydrogens (primary N) is 1. The van der Waals surface area contributed by atoms with Gasteiger partial charge in [-0.05, 0) is 18.8 Å². The van der Waals surface area contributed by atoms with E-state index >= 15 is 0 Å². The first-order valence-corrected chi connectivity index (χ1v) is 5.01. The topological polar surface area (TPSA) is 89.3 Å². The average molecular weight is 211 g/mol. The third-order valence-electron chi connectivity index (χ3n) is 2.04. The highest BCUT2D eigenvalue weighted by Gasteiger charge is 2.05. The minimum atomic E-state index is -0.0578. The van der Waals surface area contributed by atoms with Crippen molar-refractivity contribution in [3.8, 4) is 0 Å². The number of hydrogen-bond donors (Lipinski definition) is 2. The molecule has 0 fully saturated rings. The third-order valence-corrected chi connectivity index (χ3v) is 2.04. The van der Waals surface area contributed by atoms with Crippen molar-refractivity contribution in [3.05, 3.63) is 12.2 Å². The molecule has 0 unspecified atom stereocenters. The molecule has 0 aliphatic heterocycles. The number of hydrogen-bond acceptors (Lipinski definition) is 4. The molecule has 0 atom stereocenters. The van der Waals surface area contributed by atoms with Crippen LogP contribution in [0.15, 0.2) is 11.5 Å². The Hall–Kier alpha value is -1.59. The molecule has 6 nitrogen and oxygen atoms in total. The molecular weight excluding hydrogens is 194 g/mol. The van der Waals surface area contributed by atoms with Crippen molar-refractivity contribution in [3.63, 3.8) is 0 Å². The molecule has 1 aromatic rings. The molecule has 0 aromatic carbocycles. The van der Waals surface area contributed by atoms with Gasteiger partial charge in [0, 0.05) is 6.54 Å². The molecule has 0 amide bonds. The smallest absolute Gasteiger partial charge is 0.219 e. The van der Waals surface area contributed by atoms with Gasteiger partial charge in [0.1, 0.15) is 6.33 Å². The van der Waals surface area contributed by atoms with E-state index in [0.29, 0.717) is 5.92 Å². The fourth-order valence-corrected chi connectivity index (χ4v) is 1.23. The second-order valence-corrected chi connectivity index (χ2v) is 3.85. The van der Waals surface area contributed by atoms with Crippen molar-refractivity contribution in [1.29, 1.82) is 0 Å². The predicted octanol–water partition coefficient (Wildman–Crippen LogP) is 0.809. The van der Waals surface area contributed by atoms with E-state index < -0.39 is 0 Å². The molecule has 0 saturated heterocycles. The van der Waals surface area contributed by atoms with Gasteiger partial charge < -0.3 is 10.9 Å². The Morgan fingerprint density at radius 2 is 2.40 bits per heavy atom. The van der Waals surface area contributed by atoms with Crippen LogP contribution in [0, 0.1) is 5.92 Å². The minimum absolute atomic E-state index is 0.0578. The first-order valence-electron chi connectivity index (χ1n) is 5.01. The van der Waals surface area contributed by atoms with E-state index in [2.05, 4.69) is 29.1 Å². The lowest BCUT2D eigenvalue weighted by Gasteiger charge is -2.03. The summed E-state index contributed by atoms with van der Waals surface area (Å²) in [5.41, 5.74) is 5.35. The Labute approximate surface area is 88.8 Å². The van der Waals surface area contributed by atoms with E-state index in [1.165, 1.54) is 0 Å². The van der Waals surface area contributed by atoms with Gasteiger partial charge in [0.2, 0.25) is 11.7 Å². The summed E-state index contributed by atoms with van der Waals surface area (Å²) in [6.07, 6.45) is 3.79. The standard InChI is InChI=1S/C9H17N5O/c1-7(2)4-3-5-14-6-11-9(12-14)8(10)13-15/h6-7,15H,3-5H2,1-2H3,(H2,10,13). The van der Waals surface area contributed by atoms with Crippen LogP contribution in [-0.2, 0) is 6.54 Å². The SMILES string of the molecule is CC(C)CCCn1cnc(C(N)=NO)n1. The summed E-state index contributed by atoms with van der Waals surface area (Å²) in [7, 11) is 0. The van der Waals surface area contributed by atoms with Crippen LogP contribution in [0.2, 0.25) is 0 Å². The van der Waals surface area contributed by atoms with Crippen LogP contribution in [-0.4, -0.2) is 25.8 Å². The van der Waals surface area contributed by atoms with Crippen molar-refractivity contribution < 1.29 is 5.21 Å². The number of amidine groups is 1. The normalized spacial score (nSPS) is 12.3. The summed E-state index contributed by atoms with van der Waals surface area (Å²) in [5, 5.41) is 15.3. The molecule has 0 saturated carbocycles. The van der Waals surface area contributed by atoms with Crippen LogP contribution in [0.4, 0.5) is 0 Å². The molecule has 84 valence electrons. The average Bonchev–Trinajstić information content (AvgIpc) is 2.65. The summed E-state index contributed by atoms with van der Waals surface area (Å²) in [5.74, 6) is 0.900. The first-order chi connectivity index (χ1) is 7.13. The van der Waals surface area contributed by atoms with Gasteiger partial charge in [-0.1, -0.05) is 19.0 Å². The molecule has 1 rings (SSSR count). The van der Waals surface area contributed by atoms with E-state index in [4.69, 9.17) is 10.9 Å². The second-order valence-electron chi connectivity index (χ2n) is 3.85. The molecule has 15 heavy (non-hydrogen) atoms. The molecule has 0 bridgehead atoms. The quantitative estimate of drug-likeness (QED) is 0.326. The van der Waals surface area contributed by atoms with E-state index in [1.807, 2.05) is 0 Å². The molecule has 0 radical (unpaired) electrons. The predicted molar refractivity (Wildman–Crippen MR) is 56.6 cm³/mol. The number of oxime groups is 1. The lowest BCUT2D eigenvalue weighted by molar-refractivity contribution is 0.318. The third kappa shape index (κ3) is 3.57. The fourth-order valence-electron chi connectivity index (χ4n) is 1.23. The van der Waals surface area contributed by atoms with Crippen LogP contribution < -0.4 is 5.73 Å². The number of rotatable bonds is 5. The Balaban J connectivity index is 2.46. The maximum atomic E-state index is 8.42. The summed E-state index contributed by atoms with van der Waals surface area (Å²) in [6, 6.07) is 0. The summed E-state index contributed by atoms with van der Waals surface area (Å²) < 4.78 is 1.70. The van der Waals surface area contributed by atoms with E-state index in [0.717, 1.165) is 19.4 Å². The zero-order chi connectivity index (χ0) is 11.3. The molecular formula is C9H17N5O. The lowest BCUT2D eigenvalue weighted by Crippen LogP contribution is -2.15. The molecule has 1 aromatic heterocycles. The Morgan fingerprint density at radius 3 is 3.00 bits per heavy atom. The van der Waals surface area contributed by atoms with Gasteiger partial charge in [0.05, 0.1) is 0 Å². The van der Waals surface area contributed by atoms with E-state index in [9.17, 15) is 0 Å². The van der Waals surface area contributed by atoms with Gasteiger partial charge >= 0.3 is 0 Å². The molecule has 3 N–H and O–H groups in total. The van der Waals surface area contributed by atoms with Crippen molar-refractivity contribution >= 4 is 5.84 Å². The molecule has 6 heteroatoms. The highest BCUT2D eigenvalue weighted by atomic mass is 16.4. The van der Waals surface area contributed by atoms with Crippen molar-refractivity contribution in [2.45, 2.75) is 33.2 Å². The Morgan fingerprint density at radius 1 is 1.67 bits per heavy atom. The molecule has 0 aliphatic carbocycles. The Bertz CT molecular complexity index is 331. The zero-order valence-corrected chi connectivity index (χ0v) is 9.09. The van der Waals surface area contributed by atoms with Gasteiger partial charge in [-0.25, -0.2) is 4.98 Å².